The van der Waals surface area contributed by atoms with Gasteiger partial charge in [0, 0.05) is 12.4 Å². The largest absolute Gasteiger partial charge is 0.573 e. The quantitative estimate of drug-likeness (QED) is 0.259. The molecule has 41 heavy (non-hydrogen) atoms. The van der Waals surface area contributed by atoms with Gasteiger partial charge in [0.05, 0.1) is 29.8 Å². The standard InChI is InChI=1S/C28H24F3N3O6S/c1-18-14-21(20-5-7-23(8-6-20)39-28(29,30)31)15-25(27(35)40-32)26(18)34(17-19-4-3-13-33-16-19)41(36,37)24-11-9-22(38-2)10-12-24/h3-16H,17,32H2,1-2H3. The lowest BCUT2D eigenvalue weighted by molar-refractivity contribution is -0.274. The van der Waals surface area contributed by atoms with Crippen LogP contribution in [0.4, 0.5) is 18.9 Å². The van der Waals surface area contributed by atoms with Crippen LogP contribution < -0.4 is 19.7 Å². The number of halogens is 3. The summed E-state index contributed by atoms with van der Waals surface area (Å²) in [5, 5.41) is 0. The Bertz CT molecular complexity index is 1630. The van der Waals surface area contributed by atoms with E-state index in [0.717, 1.165) is 16.4 Å². The van der Waals surface area contributed by atoms with E-state index in [0.29, 0.717) is 28.0 Å². The number of alkyl halides is 3. The summed E-state index contributed by atoms with van der Waals surface area (Å²) in [7, 11) is -2.84. The van der Waals surface area contributed by atoms with Crippen molar-refractivity contribution < 1.29 is 40.7 Å². The first-order chi connectivity index (χ1) is 19.4. The van der Waals surface area contributed by atoms with Gasteiger partial charge in [-0.2, -0.15) is 5.90 Å². The lowest BCUT2D eigenvalue weighted by atomic mass is 9.98. The number of nitrogens with two attached hydrogens (primary N) is 1. The van der Waals surface area contributed by atoms with Crippen molar-refractivity contribution in [2.24, 2.45) is 5.90 Å². The van der Waals surface area contributed by atoms with E-state index >= 15 is 0 Å². The second kappa shape index (κ2) is 11.9. The SMILES string of the molecule is COc1ccc(S(=O)(=O)N(Cc2cccnc2)c2c(C)cc(-c3ccc(OC(F)(F)F)cc3)cc2C(=O)ON)cc1. The minimum absolute atomic E-state index is 0.000830. The Morgan fingerprint density at radius 1 is 0.976 bits per heavy atom. The molecule has 214 valence electrons. The van der Waals surface area contributed by atoms with Gasteiger partial charge in [0.15, 0.2) is 0 Å². The molecule has 0 atom stereocenters. The van der Waals surface area contributed by atoms with Crippen LogP contribution in [0.1, 0.15) is 21.5 Å². The summed E-state index contributed by atoms with van der Waals surface area (Å²) in [5.74, 6) is 4.23. The van der Waals surface area contributed by atoms with E-state index in [1.54, 1.807) is 25.1 Å². The van der Waals surface area contributed by atoms with Gasteiger partial charge in [-0.15, -0.1) is 13.2 Å². The Labute approximate surface area is 233 Å². The number of hydrogen-bond acceptors (Lipinski definition) is 8. The Morgan fingerprint density at radius 3 is 2.20 bits per heavy atom. The molecule has 4 rings (SSSR count). The first kappa shape index (κ1) is 29.4. The average molecular weight is 588 g/mol. The van der Waals surface area contributed by atoms with Gasteiger partial charge in [-0.25, -0.2) is 13.2 Å². The molecule has 13 heteroatoms. The molecule has 0 unspecified atom stereocenters. The fourth-order valence-electron chi connectivity index (χ4n) is 4.16. The van der Waals surface area contributed by atoms with Crippen molar-refractivity contribution in [3.63, 3.8) is 0 Å². The molecule has 9 nitrogen and oxygen atoms in total. The van der Waals surface area contributed by atoms with Crippen molar-refractivity contribution in [3.05, 3.63) is 102 Å². The number of aromatic nitrogens is 1. The summed E-state index contributed by atoms with van der Waals surface area (Å²) < 4.78 is 75.9. The summed E-state index contributed by atoms with van der Waals surface area (Å²) >= 11 is 0. The molecule has 0 amide bonds. The van der Waals surface area contributed by atoms with Crippen LogP contribution in [0.3, 0.4) is 0 Å². The maximum absolute atomic E-state index is 14.0. The molecular formula is C28H24F3N3O6S. The third-order valence-corrected chi connectivity index (χ3v) is 7.75. The van der Waals surface area contributed by atoms with Gasteiger partial charge in [-0.05, 0) is 83.8 Å². The monoisotopic (exact) mass is 587 g/mol. The maximum atomic E-state index is 14.0. The maximum Gasteiger partial charge on any atom is 0.573 e. The zero-order chi connectivity index (χ0) is 29.8. The van der Waals surface area contributed by atoms with Crippen molar-refractivity contribution in [2.45, 2.75) is 24.7 Å². The molecule has 1 aromatic heterocycles. The molecule has 1 heterocycles. The predicted molar refractivity (Wildman–Crippen MR) is 144 cm³/mol. The number of methoxy groups -OCH3 is 1. The fourth-order valence-corrected chi connectivity index (χ4v) is 5.70. The van der Waals surface area contributed by atoms with Crippen LogP contribution in [0.5, 0.6) is 11.5 Å². The van der Waals surface area contributed by atoms with Crippen LogP contribution in [0.15, 0.2) is 90.1 Å². The summed E-state index contributed by atoms with van der Waals surface area (Å²) in [6, 6.07) is 17.0. The number of rotatable bonds is 9. The minimum atomic E-state index is -4.86. The lowest BCUT2D eigenvalue weighted by Gasteiger charge is -2.28. The van der Waals surface area contributed by atoms with Gasteiger partial charge >= 0.3 is 12.3 Å². The van der Waals surface area contributed by atoms with Gasteiger partial charge < -0.3 is 14.3 Å². The second-order valence-corrected chi connectivity index (χ2v) is 10.6. The van der Waals surface area contributed by atoms with Gasteiger partial charge in [0.1, 0.15) is 11.5 Å². The molecule has 0 aliphatic rings. The number of nitrogens with zero attached hydrogens (tertiary/aromatic N) is 2. The van der Waals surface area contributed by atoms with E-state index in [2.05, 4.69) is 14.6 Å². The first-order valence-corrected chi connectivity index (χ1v) is 13.3. The number of sulfonamides is 1. The number of benzene rings is 3. The molecule has 0 saturated carbocycles. The highest BCUT2D eigenvalue weighted by Gasteiger charge is 2.32. The molecule has 0 fully saturated rings. The second-order valence-electron chi connectivity index (χ2n) is 8.72. The third-order valence-electron chi connectivity index (χ3n) is 5.99. The molecule has 0 saturated heterocycles. The summed E-state index contributed by atoms with van der Waals surface area (Å²) in [5.41, 5.74) is 1.52. The topological polar surface area (TPSA) is 121 Å². The third kappa shape index (κ3) is 6.76. The van der Waals surface area contributed by atoms with Crippen LogP contribution >= 0.6 is 0 Å². The Morgan fingerprint density at radius 2 is 1.63 bits per heavy atom. The molecule has 2 N–H and O–H groups in total. The Balaban J connectivity index is 1.87. The summed E-state index contributed by atoms with van der Waals surface area (Å²) in [6.45, 7) is 1.39. The zero-order valence-corrected chi connectivity index (χ0v) is 22.6. The molecule has 0 aliphatic carbocycles. The van der Waals surface area contributed by atoms with Crippen LogP contribution in [0.25, 0.3) is 11.1 Å². The van der Waals surface area contributed by atoms with Crippen LogP contribution in [0.2, 0.25) is 0 Å². The smallest absolute Gasteiger partial charge is 0.497 e. The van der Waals surface area contributed by atoms with Crippen LogP contribution in [0, 0.1) is 6.92 Å². The van der Waals surface area contributed by atoms with Gasteiger partial charge in [0.2, 0.25) is 0 Å². The molecule has 3 aromatic carbocycles. The minimum Gasteiger partial charge on any atom is -0.497 e. The van der Waals surface area contributed by atoms with Crippen LogP contribution in [-0.2, 0) is 21.4 Å². The van der Waals surface area contributed by atoms with E-state index in [1.165, 1.54) is 62.0 Å². The fraction of sp³-hybridized carbons (Fsp3) is 0.143. The number of ether oxygens (including phenoxy) is 2. The molecule has 0 aliphatic heterocycles. The van der Waals surface area contributed by atoms with E-state index in [-0.39, 0.29) is 22.7 Å². The number of aryl methyl sites for hydroxylation is 1. The highest BCUT2D eigenvalue weighted by molar-refractivity contribution is 7.92. The van der Waals surface area contributed by atoms with Gasteiger partial charge in [0.25, 0.3) is 10.0 Å². The number of anilines is 1. The molecule has 0 bridgehead atoms. The lowest BCUT2D eigenvalue weighted by Crippen LogP contribution is -2.33. The summed E-state index contributed by atoms with van der Waals surface area (Å²) in [6.07, 6.45) is -1.83. The van der Waals surface area contributed by atoms with Crippen molar-refractivity contribution in [2.75, 3.05) is 11.4 Å². The number of hydrogen-bond donors (Lipinski definition) is 1. The number of carbonyl (C=O) groups is 1. The Hall–Kier alpha value is -4.62. The predicted octanol–water partition coefficient (Wildman–Crippen LogP) is 5.39. The highest BCUT2D eigenvalue weighted by Crippen LogP contribution is 2.37. The summed E-state index contributed by atoms with van der Waals surface area (Å²) in [4.78, 5) is 21.4. The van der Waals surface area contributed by atoms with E-state index in [4.69, 9.17) is 10.6 Å². The number of pyridine rings is 1. The van der Waals surface area contributed by atoms with Gasteiger partial charge in [-0.3, -0.25) is 9.29 Å². The first-order valence-electron chi connectivity index (χ1n) is 11.9. The normalized spacial score (nSPS) is 11.6. The van der Waals surface area contributed by atoms with Crippen molar-refractivity contribution in [3.8, 4) is 22.6 Å². The molecule has 0 spiro atoms. The van der Waals surface area contributed by atoms with E-state index in [1.807, 2.05) is 0 Å². The van der Waals surface area contributed by atoms with Crippen molar-refractivity contribution >= 4 is 21.7 Å². The van der Waals surface area contributed by atoms with Crippen molar-refractivity contribution in [1.82, 2.24) is 4.98 Å². The van der Waals surface area contributed by atoms with Gasteiger partial charge in [-0.1, -0.05) is 18.2 Å². The number of carbonyl (C=O) groups excluding carboxylic acids is 1. The average Bonchev–Trinajstić information content (AvgIpc) is 2.95. The Kier molecular flexibility index (Phi) is 8.49. The highest BCUT2D eigenvalue weighted by atomic mass is 32.2. The van der Waals surface area contributed by atoms with E-state index < -0.39 is 28.1 Å². The molecule has 0 radical (unpaired) electrons. The zero-order valence-electron chi connectivity index (χ0n) is 21.8. The van der Waals surface area contributed by atoms with Crippen LogP contribution in [-0.4, -0.2) is 32.8 Å². The van der Waals surface area contributed by atoms with Crippen molar-refractivity contribution in [1.29, 1.82) is 0 Å². The van der Waals surface area contributed by atoms with E-state index in [9.17, 15) is 26.4 Å². The molecule has 4 aromatic rings. The molecular weight excluding hydrogens is 563 g/mol.